The molecule has 1 atom stereocenters. The van der Waals surface area contributed by atoms with E-state index in [1.165, 1.54) is 32.5 Å². The summed E-state index contributed by atoms with van der Waals surface area (Å²) in [4.78, 5) is 2.56. The smallest absolute Gasteiger partial charge is 0.137 e. The molecule has 5 rings (SSSR count). The van der Waals surface area contributed by atoms with Crippen molar-refractivity contribution in [2.45, 2.75) is 25.4 Å². The van der Waals surface area contributed by atoms with Gasteiger partial charge in [0.2, 0.25) is 0 Å². The van der Waals surface area contributed by atoms with Crippen molar-refractivity contribution in [3.8, 4) is 17.1 Å². The van der Waals surface area contributed by atoms with E-state index < -0.39 is 0 Å². The monoisotopic (exact) mass is 346 g/mol. The van der Waals surface area contributed by atoms with Crippen LogP contribution in [0.4, 0.5) is 0 Å². The quantitative estimate of drug-likeness (QED) is 0.893. The maximum Gasteiger partial charge on any atom is 0.137 e. The van der Waals surface area contributed by atoms with Gasteiger partial charge in [-0.05, 0) is 62.2 Å². The molecule has 1 aromatic heterocycles. The maximum absolute atomic E-state index is 6.20. The molecular weight excluding hydrogens is 324 g/mol. The normalized spacial score (nSPS) is 25.8. The molecule has 1 N–H and O–H groups in total. The van der Waals surface area contributed by atoms with Crippen molar-refractivity contribution in [3.05, 3.63) is 41.1 Å². The first-order valence-corrected chi connectivity index (χ1v) is 8.99. The number of rotatable bonds is 5. The highest BCUT2D eigenvalue weighted by Crippen LogP contribution is 2.31. The summed E-state index contributed by atoms with van der Waals surface area (Å²) in [6.07, 6.45) is 2.65. The highest BCUT2D eigenvalue weighted by molar-refractivity contribution is 6.32. The van der Waals surface area contributed by atoms with Crippen molar-refractivity contribution in [1.29, 1.82) is 0 Å². The number of fused-ring (bicyclic) bond motifs is 3. The first kappa shape index (κ1) is 16.0. The third kappa shape index (κ3) is 3.18. The predicted molar refractivity (Wildman–Crippen MR) is 95.5 cm³/mol. The van der Waals surface area contributed by atoms with Crippen LogP contribution in [-0.4, -0.2) is 37.7 Å². The summed E-state index contributed by atoms with van der Waals surface area (Å²) in [6.45, 7) is 4.49. The van der Waals surface area contributed by atoms with Crippen LogP contribution in [0, 0.1) is 5.92 Å². The average molecular weight is 347 g/mol. The van der Waals surface area contributed by atoms with Gasteiger partial charge in [-0.15, -0.1) is 0 Å². The number of nitrogens with zero attached hydrogens (tertiary/aromatic N) is 1. The molecular formula is C19H23ClN2O2. The fourth-order valence-corrected chi connectivity index (χ4v) is 4.13. The van der Waals surface area contributed by atoms with Crippen molar-refractivity contribution >= 4 is 11.6 Å². The SMILES string of the molecule is COc1ccc(-c2ccc(CNC3CN4CCC3CC4)o2)cc1Cl. The highest BCUT2D eigenvalue weighted by atomic mass is 35.5. The van der Waals surface area contributed by atoms with E-state index in [-0.39, 0.29) is 0 Å². The lowest BCUT2D eigenvalue weighted by atomic mass is 9.84. The molecule has 4 nitrogen and oxygen atoms in total. The number of piperidine rings is 3. The molecule has 0 spiro atoms. The van der Waals surface area contributed by atoms with Crippen molar-refractivity contribution in [3.63, 3.8) is 0 Å². The molecule has 5 heteroatoms. The molecule has 2 bridgehead atoms. The van der Waals surface area contributed by atoms with E-state index in [0.29, 0.717) is 16.8 Å². The molecule has 3 aliphatic rings. The largest absolute Gasteiger partial charge is 0.495 e. The van der Waals surface area contributed by atoms with Crippen LogP contribution < -0.4 is 10.1 Å². The van der Waals surface area contributed by atoms with E-state index in [4.69, 9.17) is 20.8 Å². The Kier molecular flexibility index (Phi) is 4.53. The molecule has 0 saturated carbocycles. The van der Waals surface area contributed by atoms with Gasteiger partial charge in [-0.3, -0.25) is 0 Å². The van der Waals surface area contributed by atoms with Gasteiger partial charge in [0.15, 0.2) is 0 Å². The fourth-order valence-electron chi connectivity index (χ4n) is 3.88. The molecule has 128 valence electrons. The van der Waals surface area contributed by atoms with Crippen LogP contribution >= 0.6 is 11.6 Å². The Morgan fingerprint density at radius 1 is 1.25 bits per heavy atom. The molecule has 1 unspecified atom stereocenters. The average Bonchev–Trinajstić information content (AvgIpc) is 3.10. The molecule has 0 radical (unpaired) electrons. The van der Waals surface area contributed by atoms with Crippen LogP contribution in [0.15, 0.2) is 34.7 Å². The summed E-state index contributed by atoms with van der Waals surface area (Å²) < 4.78 is 11.2. The third-order valence-electron chi connectivity index (χ3n) is 5.29. The van der Waals surface area contributed by atoms with Gasteiger partial charge in [-0.1, -0.05) is 11.6 Å². The van der Waals surface area contributed by atoms with E-state index in [1.807, 2.05) is 30.3 Å². The molecule has 0 amide bonds. The van der Waals surface area contributed by atoms with Gasteiger partial charge in [0.1, 0.15) is 17.3 Å². The topological polar surface area (TPSA) is 37.6 Å². The fraction of sp³-hybridized carbons (Fsp3) is 0.474. The summed E-state index contributed by atoms with van der Waals surface area (Å²) in [7, 11) is 1.62. The van der Waals surface area contributed by atoms with E-state index in [9.17, 15) is 0 Å². The number of halogens is 1. The number of furan rings is 1. The van der Waals surface area contributed by atoms with Crippen molar-refractivity contribution in [2.24, 2.45) is 5.92 Å². The van der Waals surface area contributed by atoms with Gasteiger partial charge in [0, 0.05) is 18.2 Å². The number of hydrogen-bond acceptors (Lipinski definition) is 4. The summed E-state index contributed by atoms with van der Waals surface area (Å²) >= 11 is 6.20. The molecule has 24 heavy (non-hydrogen) atoms. The summed E-state index contributed by atoms with van der Waals surface area (Å²) in [5.74, 6) is 3.31. The van der Waals surface area contributed by atoms with Gasteiger partial charge in [0.25, 0.3) is 0 Å². The predicted octanol–water partition coefficient (Wildman–Crippen LogP) is 3.79. The van der Waals surface area contributed by atoms with Crippen LogP contribution in [0.2, 0.25) is 5.02 Å². The standard InChI is InChI=1S/C19H23ClN2O2/c1-23-19-4-2-14(10-16(19)20)18-5-3-15(24-18)11-21-17-12-22-8-6-13(17)7-9-22/h2-5,10,13,17,21H,6-9,11-12H2,1H3. The van der Waals surface area contributed by atoms with Gasteiger partial charge in [0.05, 0.1) is 18.7 Å². The zero-order valence-corrected chi connectivity index (χ0v) is 14.7. The van der Waals surface area contributed by atoms with Crippen molar-refractivity contribution in [1.82, 2.24) is 10.2 Å². The molecule has 1 aromatic carbocycles. The molecule has 3 aliphatic heterocycles. The number of methoxy groups -OCH3 is 1. The minimum absolute atomic E-state index is 0.594. The Morgan fingerprint density at radius 3 is 2.75 bits per heavy atom. The lowest BCUT2D eigenvalue weighted by Crippen LogP contribution is -2.55. The van der Waals surface area contributed by atoms with Crippen molar-refractivity contribution < 1.29 is 9.15 Å². The minimum atomic E-state index is 0.594. The number of hydrogen-bond donors (Lipinski definition) is 1. The van der Waals surface area contributed by atoms with Crippen molar-refractivity contribution in [2.75, 3.05) is 26.7 Å². The molecule has 3 saturated heterocycles. The summed E-state index contributed by atoms with van der Waals surface area (Å²) in [5.41, 5.74) is 0.967. The first-order valence-electron chi connectivity index (χ1n) is 8.61. The Balaban J connectivity index is 1.40. The Labute approximate surface area is 147 Å². The maximum atomic E-state index is 6.20. The molecule has 2 aromatic rings. The Hall–Kier alpha value is -1.49. The lowest BCUT2D eigenvalue weighted by molar-refractivity contribution is 0.0711. The van der Waals surface area contributed by atoms with Crippen LogP contribution in [0.5, 0.6) is 5.75 Å². The Bertz CT molecular complexity index is 707. The molecule has 0 aliphatic carbocycles. The van der Waals surface area contributed by atoms with Gasteiger partial charge >= 0.3 is 0 Å². The van der Waals surface area contributed by atoms with Crippen LogP contribution in [0.1, 0.15) is 18.6 Å². The van der Waals surface area contributed by atoms with E-state index in [2.05, 4.69) is 10.2 Å². The summed E-state index contributed by atoms with van der Waals surface area (Å²) in [5, 5.41) is 4.28. The minimum Gasteiger partial charge on any atom is -0.495 e. The lowest BCUT2D eigenvalue weighted by Gasteiger charge is -2.45. The highest BCUT2D eigenvalue weighted by Gasteiger charge is 2.33. The van der Waals surface area contributed by atoms with Crippen LogP contribution in [-0.2, 0) is 6.54 Å². The number of ether oxygens (including phenoxy) is 1. The second kappa shape index (κ2) is 6.79. The van der Waals surface area contributed by atoms with E-state index >= 15 is 0 Å². The molecule has 4 heterocycles. The van der Waals surface area contributed by atoms with E-state index in [1.54, 1.807) is 7.11 Å². The second-order valence-corrected chi connectivity index (χ2v) is 7.15. The zero-order valence-electron chi connectivity index (χ0n) is 13.9. The first-order chi connectivity index (χ1) is 11.7. The number of benzene rings is 1. The van der Waals surface area contributed by atoms with Crippen LogP contribution in [0.3, 0.4) is 0 Å². The Morgan fingerprint density at radius 2 is 2.08 bits per heavy atom. The van der Waals surface area contributed by atoms with Gasteiger partial charge in [-0.2, -0.15) is 0 Å². The van der Waals surface area contributed by atoms with Crippen LogP contribution in [0.25, 0.3) is 11.3 Å². The zero-order chi connectivity index (χ0) is 16.5. The number of nitrogens with one attached hydrogen (secondary N) is 1. The van der Waals surface area contributed by atoms with Gasteiger partial charge < -0.3 is 19.4 Å². The van der Waals surface area contributed by atoms with E-state index in [0.717, 1.165) is 29.5 Å². The second-order valence-electron chi connectivity index (χ2n) is 6.74. The molecule has 3 fully saturated rings. The van der Waals surface area contributed by atoms with Gasteiger partial charge in [-0.25, -0.2) is 0 Å². The summed E-state index contributed by atoms with van der Waals surface area (Å²) in [6, 6.07) is 10.4. The third-order valence-corrected chi connectivity index (χ3v) is 5.59.